The minimum absolute atomic E-state index is 0.486. The molecule has 0 heterocycles. The second-order valence-corrected chi connectivity index (χ2v) is 3.01. The van der Waals surface area contributed by atoms with Crippen molar-refractivity contribution in [3.05, 3.63) is 0 Å². The fourth-order valence-electron chi connectivity index (χ4n) is 0.281. The molecule has 0 spiro atoms. The van der Waals surface area contributed by atoms with E-state index in [9.17, 15) is 35.9 Å². The molecule has 0 aliphatic carbocycles. The van der Waals surface area contributed by atoms with E-state index in [0.717, 1.165) is 0 Å². The third kappa shape index (κ3) is 11.0. The van der Waals surface area contributed by atoms with E-state index in [1.807, 2.05) is 0 Å². The van der Waals surface area contributed by atoms with E-state index in [-0.39, 0.29) is 0 Å². The van der Waals surface area contributed by atoms with Gasteiger partial charge in [-0.15, -0.1) is 0 Å². The second-order valence-electron chi connectivity index (χ2n) is 3.01. The van der Waals surface area contributed by atoms with Crippen molar-refractivity contribution in [3.63, 3.8) is 0 Å². The molecule has 0 rings (SSSR count). The summed E-state index contributed by atoms with van der Waals surface area (Å²) >= 11 is 0. The van der Waals surface area contributed by atoms with E-state index in [1.54, 1.807) is 0 Å². The largest absolute Gasteiger partial charge is 0.490 e. The van der Waals surface area contributed by atoms with Gasteiger partial charge in [0.15, 0.2) is 0 Å². The number of ketones is 1. The number of ether oxygens (including phenoxy) is 1. The zero-order valence-electron chi connectivity index (χ0n) is 9.07. The maximum Gasteiger partial charge on any atom is 0.490 e. The summed E-state index contributed by atoms with van der Waals surface area (Å²) in [4.78, 5) is 19.3. The first-order valence-electron chi connectivity index (χ1n) is 4.14. The van der Waals surface area contributed by atoms with Crippen LogP contribution in [0.2, 0.25) is 0 Å². The summed E-state index contributed by atoms with van der Waals surface area (Å²) in [5.74, 6) is -3.89. The van der Waals surface area contributed by atoms with Gasteiger partial charge in [0, 0.05) is 6.92 Å². The number of hydrogen-bond donors (Lipinski definition) is 0. The van der Waals surface area contributed by atoms with Gasteiger partial charge in [0.25, 0.3) is 0 Å². The zero-order chi connectivity index (χ0) is 14.4. The molecule has 0 fully saturated rings. The van der Waals surface area contributed by atoms with Gasteiger partial charge >= 0.3 is 18.3 Å². The molecular formula is C8H10F6O3. The van der Waals surface area contributed by atoms with Crippen LogP contribution in [-0.4, -0.2) is 30.2 Å². The van der Waals surface area contributed by atoms with E-state index in [0.29, 0.717) is 6.92 Å². The van der Waals surface area contributed by atoms with Crippen molar-refractivity contribution in [1.29, 1.82) is 0 Å². The van der Waals surface area contributed by atoms with Crippen molar-refractivity contribution in [2.24, 2.45) is 0 Å². The highest BCUT2D eigenvalue weighted by atomic mass is 19.4. The van der Waals surface area contributed by atoms with Crippen molar-refractivity contribution < 1.29 is 40.7 Å². The molecule has 0 aliphatic rings. The predicted molar refractivity (Wildman–Crippen MR) is 44.0 cm³/mol. The molecule has 0 radical (unpaired) electrons. The fourth-order valence-corrected chi connectivity index (χ4v) is 0.281. The number of carbonyl (C=O) groups excluding carboxylic acids is 2. The van der Waals surface area contributed by atoms with Crippen LogP contribution in [0.5, 0.6) is 0 Å². The molecule has 0 amide bonds. The van der Waals surface area contributed by atoms with Crippen molar-refractivity contribution in [2.75, 3.05) is 0 Å². The van der Waals surface area contributed by atoms with Gasteiger partial charge in [-0.25, -0.2) is 4.79 Å². The average molecular weight is 268 g/mol. The molecule has 0 aliphatic heterocycles. The maximum atomic E-state index is 11.3. The first-order chi connectivity index (χ1) is 7.28. The van der Waals surface area contributed by atoms with Crippen LogP contribution in [0.4, 0.5) is 26.3 Å². The summed E-state index contributed by atoms with van der Waals surface area (Å²) < 4.78 is 70.3. The van der Waals surface area contributed by atoms with Gasteiger partial charge in [0.05, 0.1) is 6.10 Å². The molecule has 17 heavy (non-hydrogen) atoms. The molecule has 0 aromatic carbocycles. The Hall–Kier alpha value is -1.28. The Labute approximate surface area is 92.7 Å². The van der Waals surface area contributed by atoms with Crippen LogP contribution in [-0.2, 0) is 14.3 Å². The monoisotopic (exact) mass is 268 g/mol. The van der Waals surface area contributed by atoms with Crippen LogP contribution in [0.15, 0.2) is 0 Å². The summed E-state index contributed by atoms with van der Waals surface area (Å²) in [5, 5.41) is 0. The van der Waals surface area contributed by atoms with E-state index in [1.165, 1.54) is 13.8 Å². The van der Waals surface area contributed by atoms with Crippen molar-refractivity contribution in [3.8, 4) is 0 Å². The molecule has 0 bridgehead atoms. The fraction of sp³-hybridized carbons (Fsp3) is 0.750. The molecule has 0 saturated heterocycles. The topological polar surface area (TPSA) is 43.4 Å². The third-order valence-electron chi connectivity index (χ3n) is 0.973. The molecular weight excluding hydrogens is 258 g/mol. The van der Waals surface area contributed by atoms with Gasteiger partial charge in [-0.1, -0.05) is 0 Å². The van der Waals surface area contributed by atoms with Gasteiger partial charge in [-0.3, -0.25) is 4.79 Å². The molecule has 0 saturated carbocycles. The minimum atomic E-state index is -4.87. The Balaban J connectivity index is 0. The summed E-state index contributed by atoms with van der Waals surface area (Å²) in [6.45, 7) is 3.19. The van der Waals surface area contributed by atoms with Crippen LogP contribution in [0.3, 0.4) is 0 Å². The Kier molecular flexibility index (Phi) is 6.87. The molecule has 0 aromatic rings. The van der Waals surface area contributed by atoms with Gasteiger partial charge in [-0.05, 0) is 13.8 Å². The zero-order valence-corrected chi connectivity index (χ0v) is 9.07. The van der Waals surface area contributed by atoms with Gasteiger partial charge in [0.1, 0.15) is 0 Å². The summed E-state index contributed by atoms with van der Waals surface area (Å²) in [7, 11) is 0. The summed E-state index contributed by atoms with van der Waals surface area (Å²) in [5.41, 5.74) is 0. The normalized spacial score (nSPS) is 11.6. The maximum absolute atomic E-state index is 11.3. The highest BCUT2D eigenvalue weighted by Crippen LogP contribution is 2.17. The Bertz CT molecular complexity index is 265. The number of halogens is 6. The van der Waals surface area contributed by atoms with Gasteiger partial charge in [0.2, 0.25) is 5.78 Å². The molecule has 0 aromatic heterocycles. The molecule has 9 heteroatoms. The quantitative estimate of drug-likeness (QED) is 0.542. The number of rotatable bonds is 1. The predicted octanol–water partition coefficient (Wildman–Crippen LogP) is 2.64. The Morgan fingerprint density at radius 1 is 0.941 bits per heavy atom. The Morgan fingerprint density at radius 3 is 1.29 bits per heavy atom. The molecule has 0 atom stereocenters. The lowest BCUT2D eigenvalue weighted by Crippen LogP contribution is -2.27. The van der Waals surface area contributed by atoms with E-state index in [2.05, 4.69) is 4.74 Å². The highest BCUT2D eigenvalue weighted by Gasteiger charge is 2.41. The first-order valence-corrected chi connectivity index (χ1v) is 4.14. The van der Waals surface area contributed by atoms with Crippen LogP contribution in [0, 0.1) is 0 Å². The number of hydrogen-bond acceptors (Lipinski definition) is 3. The number of alkyl halides is 6. The lowest BCUT2D eigenvalue weighted by Gasteiger charge is -2.08. The summed E-state index contributed by atoms with van der Waals surface area (Å²) in [6.07, 6.45) is -10.2. The number of carbonyl (C=O) groups is 2. The van der Waals surface area contributed by atoms with Crippen LogP contribution >= 0.6 is 0 Å². The molecule has 0 unspecified atom stereocenters. The first kappa shape index (κ1) is 18.1. The number of Topliss-reactive ketones (excluding diaryl/α,β-unsaturated/α-hetero) is 1. The van der Waals surface area contributed by atoms with Crippen molar-refractivity contribution >= 4 is 11.8 Å². The van der Waals surface area contributed by atoms with E-state index < -0.39 is 30.2 Å². The lowest BCUT2D eigenvalue weighted by molar-refractivity contribution is -0.203. The van der Waals surface area contributed by atoms with Crippen molar-refractivity contribution in [2.45, 2.75) is 39.2 Å². The van der Waals surface area contributed by atoms with E-state index in [4.69, 9.17) is 0 Å². The minimum Gasteiger partial charge on any atom is -0.456 e. The van der Waals surface area contributed by atoms with Crippen LogP contribution in [0.25, 0.3) is 0 Å². The molecule has 0 N–H and O–H groups in total. The summed E-state index contributed by atoms with van der Waals surface area (Å²) in [6, 6.07) is 0. The van der Waals surface area contributed by atoms with Crippen molar-refractivity contribution in [1.82, 2.24) is 0 Å². The van der Waals surface area contributed by atoms with Crippen LogP contribution in [0.1, 0.15) is 20.8 Å². The smallest absolute Gasteiger partial charge is 0.456 e. The lowest BCUT2D eigenvalue weighted by atomic mass is 10.5. The van der Waals surface area contributed by atoms with Crippen LogP contribution < -0.4 is 0 Å². The third-order valence-corrected chi connectivity index (χ3v) is 0.973. The average Bonchev–Trinajstić information content (AvgIpc) is 1.99. The standard InChI is InChI=1S/C5H7F3O2.C3H3F3O/c1-3(2)10-4(9)5(6,7)8;1-2(7)3(4,5)6/h3H,1-2H3;1H3. The second kappa shape index (κ2) is 6.45. The van der Waals surface area contributed by atoms with Gasteiger partial charge in [-0.2, -0.15) is 26.3 Å². The molecule has 3 nitrogen and oxygen atoms in total. The van der Waals surface area contributed by atoms with E-state index >= 15 is 0 Å². The number of esters is 1. The SMILES string of the molecule is CC(=O)C(F)(F)F.CC(C)OC(=O)C(F)(F)F. The highest BCUT2D eigenvalue weighted by molar-refractivity contribution is 5.81. The Morgan fingerprint density at radius 2 is 1.24 bits per heavy atom. The van der Waals surface area contributed by atoms with Gasteiger partial charge < -0.3 is 4.74 Å². The molecule has 102 valence electrons.